The van der Waals surface area contributed by atoms with Gasteiger partial charge in [0.15, 0.2) is 0 Å². The third-order valence-electron chi connectivity index (χ3n) is 5.96. The lowest BCUT2D eigenvalue weighted by molar-refractivity contribution is 0.0721. The second-order valence-electron chi connectivity index (χ2n) is 9.47. The largest absolute Gasteiger partial charge is 0.492 e. The van der Waals surface area contributed by atoms with Crippen LogP contribution in [0, 0.1) is 12.7 Å². The number of halogens is 1. The SMILES string of the molecule is Cc1c(CCOc2cc(F)ccc2-c2ccc3ncc(CN(C)C)n3c2)c(C(C)(C)O)nn1C. The van der Waals surface area contributed by atoms with Crippen LogP contribution in [0.5, 0.6) is 5.75 Å². The molecule has 0 bridgehead atoms. The summed E-state index contributed by atoms with van der Waals surface area (Å²) in [4.78, 5) is 6.57. The Labute approximate surface area is 199 Å². The molecule has 3 aromatic heterocycles. The van der Waals surface area contributed by atoms with Gasteiger partial charge in [-0.3, -0.25) is 4.68 Å². The number of fused-ring (bicyclic) bond motifs is 1. The van der Waals surface area contributed by atoms with Gasteiger partial charge in [-0.25, -0.2) is 9.37 Å². The van der Waals surface area contributed by atoms with Gasteiger partial charge in [-0.15, -0.1) is 0 Å². The van der Waals surface area contributed by atoms with E-state index >= 15 is 0 Å². The summed E-state index contributed by atoms with van der Waals surface area (Å²) < 4.78 is 24.1. The fraction of sp³-hybridized carbons (Fsp3) is 0.385. The van der Waals surface area contributed by atoms with Crippen LogP contribution >= 0.6 is 0 Å². The average molecular weight is 466 g/mol. The fourth-order valence-electron chi connectivity index (χ4n) is 4.19. The van der Waals surface area contributed by atoms with Crippen LogP contribution in [0.25, 0.3) is 16.8 Å². The minimum Gasteiger partial charge on any atom is -0.492 e. The Balaban J connectivity index is 1.62. The molecule has 1 N–H and O–H groups in total. The highest BCUT2D eigenvalue weighted by molar-refractivity contribution is 5.71. The standard InChI is InChI=1S/C26H32FN5O2/c1-17-21(25(26(2,3)33)29-31(17)6)11-12-34-23-13-19(27)8-9-22(23)18-7-10-24-28-14-20(16-30(4)5)32(24)15-18/h7-10,13-15,33H,11-12,16H2,1-6H3. The zero-order valence-corrected chi connectivity index (χ0v) is 20.6. The smallest absolute Gasteiger partial charge is 0.136 e. The molecule has 7 nitrogen and oxygen atoms in total. The summed E-state index contributed by atoms with van der Waals surface area (Å²) in [5, 5.41) is 15.0. The molecule has 0 spiro atoms. The first-order valence-electron chi connectivity index (χ1n) is 11.3. The van der Waals surface area contributed by atoms with Crippen molar-refractivity contribution < 1.29 is 14.2 Å². The number of aliphatic hydroxyl groups is 1. The Morgan fingerprint density at radius 3 is 2.65 bits per heavy atom. The maximum Gasteiger partial charge on any atom is 0.136 e. The van der Waals surface area contributed by atoms with Gasteiger partial charge in [-0.2, -0.15) is 5.10 Å². The Morgan fingerprint density at radius 2 is 1.94 bits per heavy atom. The molecule has 4 rings (SSSR count). The Kier molecular flexibility index (Phi) is 6.47. The number of rotatable bonds is 8. The van der Waals surface area contributed by atoms with E-state index in [0.29, 0.717) is 24.5 Å². The third kappa shape index (κ3) is 4.83. The first kappa shape index (κ1) is 23.9. The van der Waals surface area contributed by atoms with Crippen LogP contribution in [0.2, 0.25) is 0 Å². The van der Waals surface area contributed by atoms with Crippen molar-refractivity contribution in [3.8, 4) is 16.9 Å². The lowest BCUT2D eigenvalue weighted by Gasteiger charge is -2.17. The van der Waals surface area contributed by atoms with Crippen LogP contribution in [0.15, 0.2) is 42.7 Å². The van der Waals surface area contributed by atoms with E-state index in [-0.39, 0.29) is 5.82 Å². The van der Waals surface area contributed by atoms with Crippen molar-refractivity contribution in [3.63, 3.8) is 0 Å². The summed E-state index contributed by atoms with van der Waals surface area (Å²) in [5.74, 6) is 0.116. The van der Waals surface area contributed by atoms with Crippen molar-refractivity contribution in [1.29, 1.82) is 0 Å². The molecule has 0 aliphatic rings. The summed E-state index contributed by atoms with van der Waals surface area (Å²) in [6, 6.07) is 8.53. The Morgan fingerprint density at radius 1 is 1.18 bits per heavy atom. The molecule has 0 atom stereocenters. The van der Waals surface area contributed by atoms with Crippen molar-refractivity contribution >= 4 is 5.65 Å². The molecule has 34 heavy (non-hydrogen) atoms. The summed E-state index contributed by atoms with van der Waals surface area (Å²) in [7, 11) is 5.89. The van der Waals surface area contributed by atoms with Crippen molar-refractivity contribution in [1.82, 2.24) is 24.1 Å². The van der Waals surface area contributed by atoms with Crippen LogP contribution in [0.4, 0.5) is 4.39 Å². The topological polar surface area (TPSA) is 67.8 Å². The van der Waals surface area contributed by atoms with Crippen molar-refractivity contribution in [2.75, 3.05) is 20.7 Å². The molecule has 0 aliphatic carbocycles. The molecule has 4 aromatic rings. The van der Waals surface area contributed by atoms with Gasteiger partial charge in [0, 0.05) is 54.7 Å². The molecule has 0 unspecified atom stereocenters. The minimum atomic E-state index is -1.06. The first-order chi connectivity index (χ1) is 16.0. The number of benzene rings is 1. The number of hydrogen-bond acceptors (Lipinski definition) is 5. The highest BCUT2D eigenvalue weighted by atomic mass is 19.1. The van der Waals surface area contributed by atoms with Crippen LogP contribution in [-0.4, -0.2) is 49.9 Å². The molecule has 0 radical (unpaired) electrons. The zero-order chi connectivity index (χ0) is 24.6. The predicted octanol–water partition coefficient (Wildman–Crippen LogP) is 4.09. The van der Waals surface area contributed by atoms with Gasteiger partial charge in [0.1, 0.15) is 22.8 Å². The minimum absolute atomic E-state index is 0.325. The second kappa shape index (κ2) is 9.19. The summed E-state index contributed by atoms with van der Waals surface area (Å²) in [6.07, 6.45) is 4.43. The van der Waals surface area contributed by atoms with Crippen LogP contribution in [0.3, 0.4) is 0 Å². The molecule has 3 heterocycles. The van der Waals surface area contributed by atoms with Gasteiger partial charge in [-0.1, -0.05) is 0 Å². The van der Waals surface area contributed by atoms with E-state index in [0.717, 1.165) is 40.3 Å². The third-order valence-corrected chi connectivity index (χ3v) is 5.96. The van der Waals surface area contributed by atoms with E-state index < -0.39 is 5.60 Å². The summed E-state index contributed by atoms with van der Waals surface area (Å²) in [6.45, 7) is 6.49. The summed E-state index contributed by atoms with van der Waals surface area (Å²) >= 11 is 0. The average Bonchev–Trinajstić information content (AvgIpc) is 3.28. The molecular weight excluding hydrogens is 433 g/mol. The van der Waals surface area contributed by atoms with E-state index in [2.05, 4.69) is 19.4 Å². The monoisotopic (exact) mass is 465 g/mol. The van der Waals surface area contributed by atoms with Gasteiger partial charge in [0.2, 0.25) is 0 Å². The van der Waals surface area contributed by atoms with E-state index in [4.69, 9.17) is 4.74 Å². The molecule has 0 saturated carbocycles. The molecule has 1 aromatic carbocycles. The highest BCUT2D eigenvalue weighted by Gasteiger charge is 2.26. The molecule has 0 saturated heterocycles. The Bertz CT molecular complexity index is 1320. The quantitative estimate of drug-likeness (QED) is 0.425. The van der Waals surface area contributed by atoms with Gasteiger partial charge >= 0.3 is 0 Å². The van der Waals surface area contributed by atoms with Crippen LogP contribution in [-0.2, 0) is 25.6 Å². The second-order valence-corrected chi connectivity index (χ2v) is 9.47. The zero-order valence-electron chi connectivity index (χ0n) is 20.6. The number of hydrogen-bond donors (Lipinski definition) is 1. The van der Waals surface area contributed by atoms with Crippen molar-refractivity contribution in [2.24, 2.45) is 7.05 Å². The number of nitrogens with zero attached hydrogens (tertiary/aromatic N) is 5. The lowest BCUT2D eigenvalue weighted by Crippen LogP contribution is -2.19. The number of aromatic nitrogens is 4. The van der Waals surface area contributed by atoms with Crippen LogP contribution < -0.4 is 4.74 Å². The summed E-state index contributed by atoms with van der Waals surface area (Å²) in [5.41, 5.74) is 5.13. The predicted molar refractivity (Wildman–Crippen MR) is 130 cm³/mol. The van der Waals surface area contributed by atoms with E-state index in [1.807, 2.05) is 52.6 Å². The van der Waals surface area contributed by atoms with Gasteiger partial charge < -0.3 is 19.1 Å². The number of pyridine rings is 1. The van der Waals surface area contributed by atoms with E-state index in [1.54, 1.807) is 24.6 Å². The van der Waals surface area contributed by atoms with E-state index in [9.17, 15) is 9.50 Å². The lowest BCUT2D eigenvalue weighted by atomic mass is 9.98. The normalized spacial score (nSPS) is 12.1. The maximum absolute atomic E-state index is 14.2. The highest BCUT2D eigenvalue weighted by Crippen LogP contribution is 2.32. The molecule has 180 valence electrons. The maximum atomic E-state index is 14.2. The molecule has 0 aliphatic heterocycles. The van der Waals surface area contributed by atoms with Crippen molar-refractivity contribution in [3.05, 3.63) is 71.2 Å². The molecule has 8 heteroatoms. The molecule has 0 fully saturated rings. The molecular formula is C26H32FN5O2. The fourth-order valence-corrected chi connectivity index (χ4v) is 4.19. The number of ether oxygens (including phenoxy) is 1. The van der Waals surface area contributed by atoms with Gasteiger partial charge in [-0.05, 0) is 59.1 Å². The Hall–Kier alpha value is -3.23. The molecule has 0 amide bonds. The number of imidazole rings is 1. The number of aryl methyl sites for hydroxylation is 1. The van der Waals surface area contributed by atoms with E-state index in [1.165, 1.54) is 12.1 Å². The van der Waals surface area contributed by atoms with Gasteiger partial charge in [0.25, 0.3) is 0 Å². The van der Waals surface area contributed by atoms with Crippen molar-refractivity contribution in [2.45, 2.75) is 39.3 Å². The van der Waals surface area contributed by atoms with Gasteiger partial charge in [0.05, 0.1) is 24.2 Å². The van der Waals surface area contributed by atoms with Crippen LogP contribution in [0.1, 0.15) is 36.5 Å². The first-order valence-corrected chi connectivity index (χ1v) is 11.3.